The number of rotatable bonds is 13. The van der Waals surface area contributed by atoms with Gasteiger partial charge in [-0.15, -0.1) is 0 Å². The van der Waals surface area contributed by atoms with Crippen LogP contribution in [0, 0.1) is 0 Å². The average Bonchev–Trinajstić information content (AvgIpc) is 2.47. The molecule has 0 atom stereocenters. The summed E-state index contributed by atoms with van der Waals surface area (Å²) < 4.78 is 0.576. The second-order valence-corrected chi connectivity index (χ2v) is 8.72. The number of carboxylic acid groups (broad SMARTS) is 2. The van der Waals surface area contributed by atoms with Gasteiger partial charge in [-0.3, -0.25) is 0 Å². The maximum Gasteiger partial charge on any atom is 0.513 e. The van der Waals surface area contributed by atoms with Crippen molar-refractivity contribution in [3.05, 3.63) is 0 Å². The molecule has 1 amide bonds. The van der Waals surface area contributed by atoms with Gasteiger partial charge in [0, 0.05) is 0 Å². The van der Waals surface area contributed by atoms with E-state index in [2.05, 4.69) is 6.92 Å². The lowest BCUT2D eigenvalue weighted by atomic mass is 10.1. The van der Waals surface area contributed by atoms with Crippen molar-refractivity contribution >= 4 is 12.1 Å². The Labute approximate surface area is 161 Å². The lowest BCUT2D eigenvalue weighted by Crippen LogP contribution is -2.45. The molecule has 2 N–H and O–H groups in total. The van der Waals surface area contributed by atoms with Crippen LogP contribution in [0.15, 0.2) is 0 Å². The number of aliphatic carboxylic acids is 1. The zero-order valence-corrected chi connectivity index (χ0v) is 18.1. The zero-order valence-electron chi connectivity index (χ0n) is 18.1. The van der Waals surface area contributed by atoms with Crippen LogP contribution in [0.1, 0.15) is 71.1 Å². The molecule has 0 aromatic heterocycles. The molecule has 0 spiro atoms. The number of hydrogen-bond donors (Lipinski definition) is 2. The van der Waals surface area contributed by atoms with Gasteiger partial charge < -0.3 is 14.7 Å². The Bertz CT molecular complexity index is 376. The van der Waals surface area contributed by atoms with Crippen LogP contribution in [-0.4, -0.2) is 79.6 Å². The van der Waals surface area contributed by atoms with Gasteiger partial charge in [-0.25, -0.2) is 9.28 Å². The van der Waals surface area contributed by atoms with Crippen molar-refractivity contribution in [2.24, 2.45) is 0 Å². The maximum atomic E-state index is 10.9. The SMILES string of the molecule is CCCCCCCCCCCC[N+](C)(C)C(=O)O.C[N+](C)(C)CC(=O)O. The Morgan fingerprint density at radius 1 is 0.692 bits per heavy atom. The van der Waals surface area contributed by atoms with Crippen LogP contribution in [0.25, 0.3) is 0 Å². The maximum absolute atomic E-state index is 10.9. The van der Waals surface area contributed by atoms with Gasteiger partial charge in [-0.1, -0.05) is 58.3 Å². The summed E-state index contributed by atoms with van der Waals surface area (Å²) in [5, 5.41) is 17.2. The number of nitrogens with zero attached hydrogens (tertiary/aromatic N) is 2. The standard InChI is InChI=1S/C15H31NO2.C5H11NO2/c1-4-5-6-7-8-9-10-11-12-13-14-16(2,3)15(17)18;1-6(2,3)4-5(7)8/h4-14H2,1-3H3;4H2,1-3H3/p+2. The largest absolute Gasteiger partial charge is 0.513 e. The van der Waals surface area contributed by atoms with E-state index in [9.17, 15) is 9.59 Å². The molecule has 0 radical (unpaired) electrons. The van der Waals surface area contributed by atoms with E-state index in [0.29, 0.717) is 4.48 Å². The number of amides is 1. The summed E-state index contributed by atoms with van der Waals surface area (Å²) in [6.07, 6.45) is 12.2. The van der Waals surface area contributed by atoms with Crippen molar-refractivity contribution in [3.8, 4) is 0 Å². The van der Waals surface area contributed by atoms with Gasteiger partial charge in [-0.2, -0.15) is 4.79 Å². The predicted octanol–water partition coefficient (Wildman–Crippen LogP) is 4.44. The molecular weight excluding hydrogens is 332 g/mol. The Balaban J connectivity index is 0. The third-order valence-electron chi connectivity index (χ3n) is 4.20. The first-order valence-electron chi connectivity index (χ1n) is 10.0. The van der Waals surface area contributed by atoms with Crippen LogP contribution in [0.2, 0.25) is 0 Å². The van der Waals surface area contributed by atoms with Crippen LogP contribution < -0.4 is 0 Å². The molecule has 0 saturated carbocycles. The molecule has 6 nitrogen and oxygen atoms in total. The van der Waals surface area contributed by atoms with Gasteiger partial charge in [0.15, 0.2) is 6.54 Å². The van der Waals surface area contributed by atoms with E-state index >= 15 is 0 Å². The van der Waals surface area contributed by atoms with E-state index < -0.39 is 12.1 Å². The van der Waals surface area contributed by atoms with Gasteiger partial charge in [0.1, 0.15) is 0 Å². The molecule has 0 aliphatic rings. The molecule has 0 heterocycles. The van der Waals surface area contributed by atoms with Crippen LogP contribution in [0.4, 0.5) is 4.79 Å². The first kappa shape index (κ1) is 27.1. The normalized spacial score (nSPS) is 11.6. The minimum absolute atomic E-state index is 0.0943. The highest BCUT2D eigenvalue weighted by Crippen LogP contribution is 2.11. The predicted molar refractivity (Wildman–Crippen MR) is 107 cm³/mol. The number of quaternary nitrogens is 2. The fourth-order valence-electron chi connectivity index (χ4n) is 2.50. The van der Waals surface area contributed by atoms with Crippen LogP contribution >= 0.6 is 0 Å². The number of likely N-dealkylation sites (N-methyl/N-ethyl adjacent to an activating group) is 1. The lowest BCUT2D eigenvalue weighted by molar-refractivity contribution is -0.862. The second-order valence-electron chi connectivity index (χ2n) is 8.72. The highest BCUT2D eigenvalue weighted by atomic mass is 16.4. The van der Waals surface area contributed by atoms with Crippen LogP contribution in [0.3, 0.4) is 0 Å². The number of unbranched alkanes of at least 4 members (excludes halogenated alkanes) is 9. The van der Waals surface area contributed by atoms with E-state index in [0.717, 1.165) is 13.0 Å². The van der Waals surface area contributed by atoms with Crippen molar-refractivity contribution < 1.29 is 28.8 Å². The fourth-order valence-corrected chi connectivity index (χ4v) is 2.50. The molecule has 0 fully saturated rings. The monoisotopic (exact) mass is 376 g/mol. The van der Waals surface area contributed by atoms with Gasteiger partial charge in [0.25, 0.3) is 0 Å². The summed E-state index contributed by atoms with van der Waals surface area (Å²) in [5.41, 5.74) is 0. The summed E-state index contributed by atoms with van der Waals surface area (Å²) in [6.45, 7) is 3.17. The Kier molecular flexibility index (Phi) is 15.6. The molecule has 0 aromatic carbocycles. The molecule has 156 valence electrons. The molecule has 26 heavy (non-hydrogen) atoms. The third kappa shape index (κ3) is 20.9. The second kappa shape index (κ2) is 15.0. The van der Waals surface area contributed by atoms with E-state index in [1.165, 1.54) is 57.8 Å². The molecule has 0 aliphatic heterocycles. The molecule has 0 rings (SSSR count). The number of carbonyl (C=O) groups is 2. The highest BCUT2D eigenvalue weighted by Gasteiger charge is 2.24. The topological polar surface area (TPSA) is 74.6 Å². The van der Waals surface area contributed by atoms with E-state index in [4.69, 9.17) is 10.2 Å². The summed E-state index contributed by atoms with van der Waals surface area (Å²) in [5.74, 6) is -0.752. The Hall–Kier alpha value is -1.14. The first-order chi connectivity index (χ1) is 11.9. The lowest BCUT2D eigenvalue weighted by Gasteiger charge is -2.22. The summed E-state index contributed by atoms with van der Waals surface area (Å²) >= 11 is 0. The molecule has 0 aliphatic carbocycles. The van der Waals surface area contributed by atoms with E-state index in [-0.39, 0.29) is 11.0 Å². The summed E-state index contributed by atoms with van der Waals surface area (Å²) in [4.78, 5) is 20.9. The van der Waals surface area contributed by atoms with Crippen LogP contribution in [0.5, 0.6) is 0 Å². The van der Waals surface area contributed by atoms with Crippen LogP contribution in [-0.2, 0) is 4.79 Å². The van der Waals surface area contributed by atoms with Gasteiger partial charge in [0.05, 0.1) is 41.8 Å². The third-order valence-corrected chi connectivity index (χ3v) is 4.20. The minimum atomic E-state index is -0.752. The number of hydrogen-bond acceptors (Lipinski definition) is 2. The summed E-state index contributed by atoms with van der Waals surface area (Å²) in [7, 11) is 9.04. The van der Waals surface area contributed by atoms with Gasteiger partial charge in [-0.05, 0) is 12.8 Å². The number of carboxylic acids is 1. The van der Waals surface area contributed by atoms with Crippen molar-refractivity contribution in [3.63, 3.8) is 0 Å². The molecule has 6 heteroatoms. The molecular formula is C20H44N2O4+2. The molecule has 0 aromatic rings. The Morgan fingerprint density at radius 3 is 1.35 bits per heavy atom. The first-order valence-corrected chi connectivity index (χ1v) is 10.0. The van der Waals surface area contributed by atoms with Crippen molar-refractivity contribution in [1.29, 1.82) is 0 Å². The van der Waals surface area contributed by atoms with Crippen molar-refractivity contribution in [2.45, 2.75) is 71.1 Å². The van der Waals surface area contributed by atoms with Crippen molar-refractivity contribution in [1.82, 2.24) is 0 Å². The van der Waals surface area contributed by atoms with Gasteiger partial charge in [0.2, 0.25) is 0 Å². The molecule has 0 bridgehead atoms. The smallest absolute Gasteiger partial charge is 0.477 e. The van der Waals surface area contributed by atoms with E-state index in [1.807, 2.05) is 21.1 Å². The Morgan fingerprint density at radius 2 is 1.08 bits per heavy atom. The minimum Gasteiger partial charge on any atom is -0.477 e. The summed E-state index contributed by atoms with van der Waals surface area (Å²) in [6, 6.07) is 0. The average molecular weight is 377 g/mol. The molecule has 0 saturated heterocycles. The fraction of sp³-hybridized carbons (Fsp3) is 0.900. The van der Waals surface area contributed by atoms with E-state index in [1.54, 1.807) is 14.1 Å². The van der Waals surface area contributed by atoms with Crippen molar-refractivity contribution in [2.75, 3.05) is 48.3 Å². The quantitative estimate of drug-likeness (QED) is 0.368. The van der Waals surface area contributed by atoms with Gasteiger partial charge >= 0.3 is 12.1 Å². The highest BCUT2D eigenvalue weighted by molar-refractivity contribution is 5.67. The zero-order chi connectivity index (χ0) is 20.6. The molecule has 0 unspecified atom stereocenters.